The number of aromatic nitrogens is 1. The van der Waals surface area contributed by atoms with Crippen molar-refractivity contribution in [2.75, 3.05) is 13.1 Å². The summed E-state index contributed by atoms with van der Waals surface area (Å²) in [6.07, 6.45) is 9.95. The summed E-state index contributed by atoms with van der Waals surface area (Å²) < 4.78 is 1.37. The van der Waals surface area contributed by atoms with E-state index in [-0.39, 0.29) is 29.5 Å². The number of rotatable bonds is 7. The molecule has 3 fully saturated rings. The second-order valence-corrected chi connectivity index (χ2v) is 11.7. The van der Waals surface area contributed by atoms with Crippen LogP contribution in [0.2, 0.25) is 0 Å². The van der Waals surface area contributed by atoms with Gasteiger partial charge in [-0.15, -0.1) is 0 Å². The van der Waals surface area contributed by atoms with Gasteiger partial charge >= 0.3 is 5.97 Å². The van der Waals surface area contributed by atoms with Crippen LogP contribution in [0.25, 0.3) is 11.1 Å². The summed E-state index contributed by atoms with van der Waals surface area (Å²) in [6.45, 7) is 3.01. The molecular formula is C30H38N2O5. The summed E-state index contributed by atoms with van der Waals surface area (Å²) in [5.41, 5.74) is -0.940. The van der Waals surface area contributed by atoms with Crippen LogP contribution in [0, 0.1) is 17.3 Å². The first-order chi connectivity index (χ1) is 17.7. The molecular weight excluding hydrogens is 468 g/mol. The van der Waals surface area contributed by atoms with Crippen molar-refractivity contribution in [2.24, 2.45) is 17.3 Å². The van der Waals surface area contributed by atoms with Crippen LogP contribution in [0.5, 0.6) is 0 Å². The third-order valence-corrected chi connectivity index (χ3v) is 9.35. The molecule has 7 heteroatoms. The molecule has 1 spiro atoms. The number of benzene rings is 1. The van der Waals surface area contributed by atoms with E-state index in [1.165, 1.54) is 36.1 Å². The van der Waals surface area contributed by atoms with E-state index in [1.54, 1.807) is 24.3 Å². The number of carbonyl (C=O) groups excluding carboxylic acids is 1. The number of carboxylic acids is 1. The fraction of sp³-hybridized carbons (Fsp3) is 0.567. The largest absolute Gasteiger partial charge is 0.478 e. The van der Waals surface area contributed by atoms with Gasteiger partial charge in [0.1, 0.15) is 0 Å². The summed E-state index contributed by atoms with van der Waals surface area (Å²) >= 11 is 0. The number of piperidine rings is 1. The quantitative estimate of drug-likeness (QED) is 0.573. The molecule has 0 radical (unpaired) electrons. The number of aromatic carboxylic acids is 1. The molecule has 3 aliphatic rings. The molecule has 1 unspecified atom stereocenters. The number of hydrogen-bond donors (Lipinski definition) is 2. The maximum atomic E-state index is 13.4. The van der Waals surface area contributed by atoms with Crippen molar-refractivity contribution in [1.82, 2.24) is 9.47 Å². The lowest BCUT2D eigenvalue weighted by Crippen LogP contribution is -2.62. The standard InChI is InChI=1S/C30H38N2O5/c1-21(16-22-8-7-9-22)27(34)31-15-14-30(37,29(19-31)12-5-6-13-29)20-32-18-25(28(35)36)24(17-26(32)33)23-10-3-2-4-11-23/h2-4,10-11,17-18,21-22,37H,5-9,12-16,19-20H2,1H3,(H,35,36)/t21-,30?/m1/s1. The van der Waals surface area contributed by atoms with Gasteiger partial charge in [-0.2, -0.15) is 0 Å². The minimum Gasteiger partial charge on any atom is -0.478 e. The highest BCUT2D eigenvalue weighted by Crippen LogP contribution is 2.52. The van der Waals surface area contributed by atoms with Crippen LogP contribution in [-0.2, 0) is 11.3 Å². The Morgan fingerprint density at radius 1 is 1.08 bits per heavy atom. The van der Waals surface area contributed by atoms with Gasteiger partial charge < -0.3 is 19.7 Å². The first-order valence-corrected chi connectivity index (χ1v) is 13.8. The van der Waals surface area contributed by atoms with Crippen molar-refractivity contribution in [1.29, 1.82) is 0 Å². The second kappa shape index (κ2) is 10.1. The van der Waals surface area contributed by atoms with Crippen molar-refractivity contribution in [3.05, 3.63) is 58.5 Å². The maximum absolute atomic E-state index is 13.4. The number of nitrogens with zero attached hydrogens (tertiary/aromatic N) is 2. The number of carboxylic acid groups (broad SMARTS) is 1. The summed E-state index contributed by atoms with van der Waals surface area (Å²) in [4.78, 5) is 40.6. The zero-order chi connectivity index (χ0) is 26.2. The van der Waals surface area contributed by atoms with Gasteiger partial charge in [-0.1, -0.05) is 69.4 Å². The second-order valence-electron chi connectivity index (χ2n) is 11.7. The Balaban J connectivity index is 1.41. The van der Waals surface area contributed by atoms with Gasteiger partial charge in [0.25, 0.3) is 5.56 Å². The molecule has 2 atom stereocenters. The summed E-state index contributed by atoms with van der Waals surface area (Å²) in [5.74, 6) is -0.287. The average molecular weight is 507 g/mol. The molecule has 2 aromatic rings. The topological polar surface area (TPSA) is 99.8 Å². The van der Waals surface area contributed by atoms with Gasteiger partial charge in [-0.3, -0.25) is 9.59 Å². The Kier molecular flexibility index (Phi) is 7.01. The average Bonchev–Trinajstić information content (AvgIpc) is 3.34. The molecule has 5 rings (SSSR count). The molecule has 1 aromatic heterocycles. The molecule has 1 amide bonds. The van der Waals surface area contributed by atoms with Crippen molar-refractivity contribution in [3.63, 3.8) is 0 Å². The van der Waals surface area contributed by atoms with Crippen LogP contribution in [0.1, 0.15) is 75.1 Å². The van der Waals surface area contributed by atoms with Gasteiger partial charge in [0, 0.05) is 42.2 Å². The lowest BCUT2D eigenvalue weighted by molar-refractivity contribution is -0.163. The normalized spacial score (nSPS) is 24.1. The number of pyridine rings is 1. The lowest BCUT2D eigenvalue weighted by Gasteiger charge is -2.53. The Labute approximate surface area is 218 Å². The third kappa shape index (κ3) is 4.86. The summed E-state index contributed by atoms with van der Waals surface area (Å²) in [5, 5.41) is 22.0. The zero-order valence-corrected chi connectivity index (χ0v) is 21.7. The first kappa shape index (κ1) is 25.7. The monoisotopic (exact) mass is 506 g/mol. The molecule has 198 valence electrons. The van der Waals surface area contributed by atoms with E-state index in [1.807, 2.05) is 17.9 Å². The Hall–Kier alpha value is -2.93. The molecule has 37 heavy (non-hydrogen) atoms. The number of hydrogen-bond acceptors (Lipinski definition) is 4. The van der Waals surface area contributed by atoms with Crippen LogP contribution in [0.4, 0.5) is 0 Å². The highest BCUT2D eigenvalue weighted by molar-refractivity contribution is 5.95. The smallest absolute Gasteiger partial charge is 0.337 e. The molecule has 1 aromatic carbocycles. The fourth-order valence-corrected chi connectivity index (χ4v) is 6.93. The Bertz CT molecular complexity index is 1210. The van der Waals surface area contributed by atoms with Crippen molar-refractivity contribution < 1.29 is 19.8 Å². The molecule has 1 aliphatic heterocycles. The van der Waals surface area contributed by atoms with E-state index in [2.05, 4.69) is 0 Å². The summed E-state index contributed by atoms with van der Waals surface area (Å²) in [6, 6.07) is 10.4. The van der Waals surface area contributed by atoms with Crippen LogP contribution in [0.3, 0.4) is 0 Å². The predicted octanol–water partition coefficient (Wildman–Crippen LogP) is 4.56. The number of aliphatic hydroxyl groups is 1. The fourth-order valence-electron chi connectivity index (χ4n) is 6.93. The van der Waals surface area contributed by atoms with E-state index in [4.69, 9.17) is 0 Å². The van der Waals surface area contributed by atoms with Crippen molar-refractivity contribution in [3.8, 4) is 11.1 Å². The van der Waals surface area contributed by atoms with E-state index in [0.717, 1.165) is 32.1 Å². The van der Waals surface area contributed by atoms with Gasteiger partial charge in [-0.05, 0) is 37.2 Å². The molecule has 2 N–H and O–H groups in total. The zero-order valence-electron chi connectivity index (χ0n) is 21.7. The molecule has 0 bridgehead atoms. The Morgan fingerprint density at radius 2 is 1.78 bits per heavy atom. The van der Waals surface area contributed by atoms with Gasteiger partial charge in [-0.25, -0.2) is 4.79 Å². The van der Waals surface area contributed by atoms with E-state index in [0.29, 0.717) is 36.6 Å². The maximum Gasteiger partial charge on any atom is 0.337 e. The minimum atomic E-state index is -1.19. The van der Waals surface area contributed by atoms with Crippen LogP contribution in [-0.4, -0.2) is 50.2 Å². The van der Waals surface area contributed by atoms with Crippen LogP contribution < -0.4 is 5.56 Å². The molecule has 2 aliphatic carbocycles. The first-order valence-electron chi connectivity index (χ1n) is 13.8. The minimum absolute atomic E-state index is 0.0128. The van der Waals surface area contributed by atoms with E-state index < -0.39 is 17.0 Å². The van der Waals surface area contributed by atoms with Crippen LogP contribution >= 0.6 is 0 Å². The summed E-state index contributed by atoms with van der Waals surface area (Å²) in [7, 11) is 0. The Morgan fingerprint density at radius 3 is 2.41 bits per heavy atom. The molecule has 7 nitrogen and oxygen atoms in total. The highest BCUT2D eigenvalue weighted by Gasteiger charge is 2.55. The van der Waals surface area contributed by atoms with Gasteiger partial charge in [0.05, 0.1) is 17.7 Å². The van der Waals surface area contributed by atoms with Gasteiger partial charge in [0.2, 0.25) is 5.91 Å². The number of carbonyl (C=O) groups is 2. The highest BCUT2D eigenvalue weighted by atomic mass is 16.4. The predicted molar refractivity (Wildman–Crippen MR) is 141 cm³/mol. The third-order valence-electron chi connectivity index (χ3n) is 9.35. The SMILES string of the molecule is C[C@H](CC1CCC1)C(=O)N1CCC(O)(Cn2cc(C(=O)O)c(-c3ccccc3)cc2=O)C2(CCCC2)C1. The van der Waals surface area contributed by atoms with Crippen molar-refractivity contribution in [2.45, 2.75) is 76.9 Å². The van der Waals surface area contributed by atoms with E-state index in [9.17, 15) is 24.6 Å². The molecule has 1 saturated heterocycles. The van der Waals surface area contributed by atoms with Crippen LogP contribution in [0.15, 0.2) is 47.4 Å². The van der Waals surface area contributed by atoms with E-state index >= 15 is 0 Å². The lowest BCUT2D eigenvalue weighted by atomic mass is 9.65. The number of amides is 1. The van der Waals surface area contributed by atoms with Gasteiger partial charge in [0.15, 0.2) is 0 Å². The number of likely N-dealkylation sites (tertiary alicyclic amines) is 1. The molecule has 2 saturated carbocycles. The van der Waals surface area contributed by atoms with Crippen molar-refractivity contribution >= 4 is 11.9 Å². The molecule has 2 heterocycles.